The fraction of sp³-hybridized carbons (Fsp3) is 0.725. The second-order valence-corrected chi connectivity index (χ2v) is 15.8. The number of carboxylic acids is 1. The van der Waals surface area contributed by atoms with Crippen molar-refractivity contribution in [3.63, 3.8) is 0 Å². The Hall–Kier alpha value is -3.66. The fourth-order valence-electron chi connectivity index (χ4n) is 8.12. The number of rotatable bonds is 22. The van der Waals surface area contributed by atoms with Crippen molar-refractivity contribution in [2.45, 2.75) is 128 Å². The van der Waals surface area contributed by atoms with Crippen LogP contribution in [0.25, 0.3) is 0 Å². The largest absolute Gasteiger partial charge is 0.480 e. The van der Waals surface area contributed by atoms with Gasteiger partial charge in [-0.15, -0.1) is 0 Å². The number of nitrogens with one attached hydrogen (secondary N) is 3. The Kier molecular flexibility index (Phi) is 17.0. The third-order valence-corrected chi connectivity index (χ3v) is 11.5. The number of carbonyl (C=O) groups is 5. The first-order valence-corrected chi connectivity index (χ1v) is 19.4. The van der Waals surface area contributed by atoms with E-state index >= 15 is 0 Å². The number of carboxylic acid groups (broad SMARTS) is 1. The molecule has 3 rings (SSSR count). The zero-order valence-electron chi connectivity index (χ0n) is 34.3. The van der Waals surface area contributed by atoms with Crippen LogP contribution in [0.5, 0.6) is 0 Å². The number of amides is 4. The quantitative estimate of drug-likeness (QED) is 0.137. The molecule has 0 unspecified atom stereocenters. The van der Waals surface area contributed by atoms with E-state index in [4.69, 9.17) is 14.2 Å². The van der Waals surface area contributed by atoms with Crippen LogP contribution in [0.4, 0.5) is 4.39 Å². The van der Waals surface area contributed by atoms with Gasteiger partial charge in [0.1, 0.15) is 24.0 Å². The molecule has 310 valence electrons. The zero-order valence-corrected chi connectivity index (χ0v) is 34.3. The van der Waals surface area contributed by atoms with Crippen LogP contribution >= 0.6 is 0 Å². The Morgan fingerprint density at radius 3 is 2.07 bits per heavy atom. The van der Waals surface area contributed by atoms with Crippen LogP contribution in [0, 0.1) is 29.5 Å². The lowest BCUT2D eigenvalue weighted by Crippen LogP contribution is -2.60. The third kappa shape index (κ3) is 11.0. The molecule has 2 fully saturated rings. The van der Waals surface area contributed by atoms with E-state index in [9.17, 15) is 33.5 Å². The number of hydrogen-bond acceptors (Lipinski definition) is 9. The van der Waals surface area contributed by atoms with Crippen molar-refractivity contribution in [2.24, 2.45) is 23.7 Å². The maximum absolute atomic E-state index is 14.4. The first-order chi connectivity index (χ1) is 26.0. The molecule has 1 saturated heterocycles. The molecule has 1 heterocycles. The summed E-state index contributed by atoms with van der Waals surface area (Å²) >= 11 is 0. The highest BCUT2D eigenvalue weighted by Crippen LogP contribution is 2.50. The average molecular weight is 778 g/mol. The number of likely N-dealkylation sites (N-methyl/N-ethyl adjacent to an activating group) is 2. The number of fused-ring (bicyclic) bond motifs is 1. The van der Waals surface area contributed by atoms with E-state index in [-0.39, 0.29) is 65.8 Å². The van der Waals surface area contributed by atoms with Crippen molar-refractivity contribution >= 4 is 29.6 Å². The van der Waals surface area contributed by atoms with Crippen molar-refractivity contribution in [1.29, 1.82) is 0 Å². The van der Waals surface area contributed by atoms with Gasteiger partial charge in [0.15, 0.2) is 6.10 Å². The van der Waals surface area contributed by atoms with Gasteiger partial charge in [0.2, 0.25) is 17.7 Å². The smallest absolute Gasteiger partial charge is 0.326 e. The number of nitrogens with zero attached hydrogens (tertiary/aromatic N) is 2. The number of carbonyl (C=O) groups excluding carboxylic acids is 4. The number of likely N-dealkylation sites (tertiary alicyclic amines) is 1. The summed E-state index contributed by atoms with van der Waals surface area (Å²) in [6.07, 6.45) is -1.29. The molecule has 55 heavy (non-hydrogen) atoms. The molecule has 1 saturated carbocycles. The van der Waals surface area contributed by atoms with Crippen molar-refractivity contribution in [3.05, 3.63) is 35.6 Å². The Morgan fingerprint density at radius 1 is 0.927 bits per heavy atom. The molecule has 14 nitrogen and oxygen atoms in total. The van der Waals surface area contributed by atoms with Crippen LogP contribution in [0.1, 0.15) is 72.8 Å². The van der Waals surface area contributed by atoms with Crippen LogP contribution in [0.15, 0.2) is 24.3 Å². The normalized spacial score (nSPS) is 22.1. The average Bonchev–Trinajstić information content (AvgIpc) is 3.80. The summed E-state index contributed by atoms with van der Waals surface area (Å²) in [5.74, 6) is -3.60. The molecule has 0 spiro atoms. The van der Waals surface area contributed by atoms with Crippen LogP contribution in [0.2, 0.25) is 0 Å². The number of piperidine rings is 1. The minimum Gasteiger partial charge on any atom is -0.480 e. The Labute approximate surface area is 325 Å². The summed E-state index contributed by atoms with van der Waals surface area (Å²) in [7, 11) is 7.62. The lowest BCUT2D eigenvalue weighted by atomic mass is 9.89. The number of benzene rings is 1. The topological polar surface area (TPSA) is 176 Å². The second kappa shape index (κ2) is 20.5. The number of hydrogen-bond donors (Lipinski definition) is 4. The maximum atomic E-state index is 14.4. The minimum atomic E-state index is -1.45. The molecule has 1 aromatic carbocycles. The van der Waals surface area contributed by atoms with E-state index in [2.05, 4.69) is 16.0 Å². The summed E-state index contributed by atoms with van der Waals surface area (Å²) in [6, 6.07) is 1.83. The van der Waals surface area contributed by atoms with Gasteiger partial charge in [-0.05, 0) is 55.2 Å². The molecule has 0 bridgehead atoms. The van der Waals surface area contributed by atoms with E-state index in [0.717, 1.165) is 6.42 Å². The third-order valence-electron chi connectivity index (χ3n) is 11.5. The standard InChI is InChI=1S/C40H64FN5O9/c1-12-23(6)34(45(8)39(50)33(22(4)5)44-37(48)32(42-7)21(2)3)30(53-9)20-31(47)46-28-18-25(28)19-29(46)35(54-10)36(55-11)38(49)43-27(40(51)52)17-24-15-13-14-16-26(24)41/h13-16,21-23,25,27-30,32-36,42H,12,17-20H2,1-11H3,(H,43,49)(H,44,48)(H,51,52)/t23-,25-,27-,28-,29-,30+,32-,33-,34-,35+,36+/m0/s1. The van der Waals surface area contributed by atoms with Gasteiger partial charge in [0.05, 0.1) is 30.7 Å². The van der Waals surface area contributed by atoms with E-state index in [1.54, 1.807) is 30.0 Å². The number of halogens is 1. The first kappa shape index (κ1) is 45.7. The summed E-state index contributed by atoms with van der Waals surface area (Å²) in [6.45, 7) is 11.6. The van der Waals surface area contributed by atoms with Crippen molar-refractivity contribution < 1.29 is 47.7 Å². The molecule has 2 aliphatic rings. The molecular weight excluding hydrogens is 713 g/mol. The molecule has 15 heteroatoms. The Morgan fingerprint density at radius 2 is 1.56 bits per heavy atom. The van der Waals surface area contributed by atoms with Crippen LogP contribution < -0.4 is 16.0 Å². The van der Waals surface area contributed by atoms with Gasteiger partial charge < -0.3 is 45.1 Å². The molecule has 1 aliphatic carbocycles. The van der Waals surface area contributed by atoms with Gasteiger partial charge in [-0.2, -0.15) is 0 Å². The lowest BCUT2D eigenvalue weighted by Gasteiger charge is -2.41. The summed E-state index contributed by atoms with van der Waals surface area (Å²) < 4.78 is 31.8. The van der Waals surface area contributed by atoms with Crippen molar-refractivity contribution in [2.75, 3.05) is 35.4 Å². The van der Waals surface area contributed by atoms with Crippen molar-refractivity contribution in [1.82, 2.24) is 25.8 Å². The zero-order chi connectivity index (χ0) is 41.3. The summed E-state index contributed by atoms with van der Waals surface area (Å²) in [5, 5.41) is 18.4. The van der Waals surface area contributed by atoms with Gasteiger partial charge in [0, 0.05) is 40.8 Å². The molecule has 1 aromatic rings. The SMILES string of the molecule is CC[C@H](C)[C@@H]([C@@H](CC(=O)N1[C@H]2C[C@H]2C[C@H]1[C@@H](OC)[C@@H](OC)C(=O)N[C@@H](Cc1ccccc1F)C(=O)O)OC)N(C)C(=O)[C@@H](NC(=O)[C@@H](NC)C(C)C)C(C)C. The van der Waals surface area contributed by atoms with Gasteiger partial charge >= 0.3 is 5.97 Å². The summed E-state index contributed by atoms with van der Waals surface area (Å²) in [5.41, 5.74) is 0.133. The van der Waals surface area contributed by atoms with E-state index in [1.807, 2.05) is 41.5 Å². The molecular formula is C40H64FN5O9. The number of methoxy groups -OCH3 is 3. The van der Waals surface area contributed by atoms with Gasteiger partial charge in [-0.1, -0.05) is 66.2 Å². The monoisotopic (exact) mass is 777 g/mol. The number of ether oxygens (including phenoxy) is 3. The predicted molar refractivity (Wildman–Crippen MR) is 204 cm³/mol. The fourth-order valence-corrected chi connectivity index (χ4v) is 8.12. The predicted octanol–water partition coefficient (Wildman–Crippen LogP) is 2.62. The van der Waals surface area contributed by atoms with E-state index in [0.29, 0.717) is 12.8 Å². The minimum absolute atomic E-state index is 0.00126. The molecule has 11 atom stereocenters. The van der Waals surface area contributed by atoms with Crippen LogP contribution in [0.3, 0.4) is 0 Å². The molecule has 0 aromatic heterocycles. The summed E-state index contributed by atoms with van der Waals surface area (Å²) in [4.78, 5) is 71.0. The lowest BCUT2D eigenvalue weighted by molar-refractivity contribution is -0.155. The molecule has 0 radical (unpaired) electrons. The van der Waals surface area contributed by atoms with Crippen molar-refractivity contribution in [3.8, 4) is 0 Å². The Balaban J connectivity index is 1.84. The first-order valence-electron chi connectivity index (χ1n) is 19.4. The highest BCUT2D eigenvalue weighted by molar-refractivity contribution is 5.90. The maximum Gasteiger partial charge on any atom is 0.326 e. The van der Waals surface area contributed by atoms with Crippen LogP contribution in [-0.2, 0) is 44.6 Å². The van der Waals surface area contributed by atoms with Gasteiger partial charge in [0.25, 0.3) is 5.91 Å². The molecule has 4 N–H and O–H groups in total. The van der Waals surface area contributed by atoms with E-state index < -0.39 is 66.2 Å². The highest BCUT2D eigenvalue weighted by atomic mass is 19.1. The van der Waals surface area contributed by atoms with Gasteiger partial charge in [-0.25, -0.2) is 9.18 Å². The number of aliphatic carboxylic acids is 1. The van der Waals surface area contributed by atoms with E-state index in [1.165, 1.54) is 39.5 Å². The molecule has 4 amide bonds. The second-order valence-electron chi connectivity index (χ2n) is 15.8. The Bertz CT molecular complexity index is 1480. The van der Waals surface area contributed by atoms with Gasteiger partial charge in [-0.3, -0.25) is 19.2 Å². The van der Waals surface area contributed by atoms with Crippen LogP contribution in [-0.4, -0.2) is 134 Å². The molecule has 1 aliphatic heterocycles. The highest BCUT2D eigenvalue weighted by Gasteiger charge is 2.58.